The number of hydrogen-bond acceptors (Lipinski definition) is 3. The number of unbranched alkanes of at least 4 members (excludes halogenated alkanes) is 1. The van der Waals surface area contributed by atoms with Crippen LogP contribution in [0.3, 0.4) is 0 Å². The lowest BCUT2D eigenvalue weighted by atomic mass is 9.99. The molecule has 3 rings (SSSR count). The normalized spacial score (nSPS) is 20.1. The number of para-hydroxylation sites is 1. The van der Waals surface area contributed by atoms with Crippen LogP contribution in [0, 0.1) is 11.3 Å². The van der Waals surface area contributed by atoms with Crippen molar-refractivity contribution in [3.63, 3.8) is 0 Å². The minimum Gasteiger partial charge on any atom is -0.352 e. The van der Waals surface area contributed by atoms with Gasteiger partial charge >= 0.3 is 0 Å². The SMILES string of the molecule is CC1NC(=O)CCC1NC(=O)c1cn(CCCC#N)c2ccccc12. The third-order valence-corrected chi connectivity index (χ3v) is 4.71. The predicted octanol–water partition coefficient (Wildman–Crippen LogP) is 2.34. The summed E-state index contributed by atoms with van der Waals surface area (Å²) >= 11 is 0. The van der Waals surface area contributed by atoms with Crippen molar-refractivity contribution in [3.8, 4) is 6.07 Å². The molecular weight excluding hydrogens is 316 g/mol. The van der Waals surface area contributed by atoms with Gasteiger partial charge in [-0.3, -0.25) is 9.59 Å². The molecule has 2 unspecified atom stereocenters. The highest BCUT2D eigenvalue weighted by molar-refractivity contribution is 6.07. The molecule has 1 fully saturated rings. The maximum absolute atomic E-state index is 12.8. The van der Waals surface area contributed by atoms with Gasteiger partial charge in [0.15, 0.2) is 0 Å². The molecule has 0 radical (unpaired) electrons. The highest BCUT2D eigenvalue weighted by Crippen LogP contribution is 2.22. The zero-order valence-electron chi connectivity index (χ0n) is 14.3. The van der Waals surface area contributed by atoms with Crippen LogP contribution in [0.2, 0.25) is 0 Å². The Labute approximate surface area is 146 Å². The summed E-state index contributed by atoms with van der Waals surface area (Å²) in [6, 6.07) is 9.81. The molecular formula is C19H22N4O2. The first-order valence-electron chi connectivity index (χ1n) is 8.65. The number of amides is 2. The lowest BCUT2D eigenvalue weighted by Gasteiger charge is -2.30. The largest absolute Gasteiger partial charge is 0.352 e. The molecule has 2 amide bonds. The van der Waals surface area contributed by atoms with Crippen LogP contribution in [0.15, 0.2) is 30.5 Å². The van der Waals surface area contributed by atoms with Crippen molar-refractivity contribution in [1.29, 1.82) is 5.26 Å². The van der Waals surface area contributed by atoms with Crippen LogP contribution in [0.4, 0.5) is 0 Å². The summed E-state index contributed by atoms with van der Waals surface area (Å²) in [4.78, 5) is 24.2. The van der Waals surface area contributed by atoms with Crippen LogP contribution >= 0.6 is 0 Å². The van der Waals surface area contributed by atoms with E-state index < -0.39 is 0 Å². The van der Waals surface area contributed by atoms with Gasteiger partial charge in [0.2, 0.25) is 5.91 Å². The highest BCUT2D eigenvalue weighted by atomic mass is 16.2. The Morgan fingerprint density at radius 1 is 1.44 bits per heavy atom. The molecule has 6 nitrogen and oxygen atoms in total. The number of aryl methyl sites for hydroxylation is 1. The summed E-state index contributed by atoms with van der Waals surface area (Å²) in [7, 11) is 0. The number of nitriles is 1. The number of fused-ring (bicyclic) bond motifs is 1. The first-order valence-corrected chi connectivity index (χ1v) is 8.65. The second kappa shape index (κ2) is 7.39. The van der Waals surface area contributed by atoms with E-state index in [-0.39, 0.29) is 23.9 Å². The van der Waals surface area contributed by atoms with E-state index in [1.165, 1.54) is 0 Å². The van der Waals surface area contributed by atoms with Gasteiger partial charge in [-0.1, -0.05) is 18.2 Å². The van der Waals surface area contributed by atoms with Gasteiger partial charge in [0.1, 0.15) is 0 Å². The maximum Gasteiger partial charge on any atom is 0.253 e. The van der Waals surface area contributed by atoms with Crippen LogP contribution in [-0.2, 0) is 11.3 Å². The average molecular weight is 338 g/mol. The fourth-order valence-electron chi connectivity index (χ4n) is 3.35. The van der Waals surface area contributed by atoms with Gasteiger partial charge < -0.3 is 15.2 Å². The van der Waals surface area contributed by atoms with Gasteiger partial charge in [-0.15, -0.1) is 0 Å². The highest BCUT2D eigenvalue weighted by Gasteiger charge is 2.27. The second-order valence-electron chi connectivity index (χ2n) is 6.49. The molecule has 1 saturated heterocycles. The number of carbonyl (C=O) groups is 2. The fourth-order valence-corrected chi connectivity index (χ4v) is 3.35. The van der Waals surface area contributed by atoms with Crippen molar-refractivity contribution in [2.24, 2.45) is 0 Å². The zero-order chi connectivity index (χ0) is 17.8. The number of hydrogen-bond donors (Lipinski definition) is 2. The molecule has 25 heavy (non-hydrogen) atoms. The topological polar surface area (TPSA) is 86.9 Å². The molecule has 1 aromatic heterocycles. The molecule has 0 saturated carbocycles. The van der Waals surface area contributed by atoms with Gasteiger partial charge in [-0.2, -0.15) is 5.26 Å². The van der Waals surface area contributed by atoms with E-state index in [1.54, 1.807) is 0 Å². The van der Waals surface area contributed by atoms with Crippen LogP contribution in [0.25, 0.3) is 10.9 Å². The van der Waals surface area contributed by atoms with Crippen LogP contribution < -0.4 is 10.6 Å². The molecule has 2 aromatic rings. The summed E-state index contributed by atoms with van der Waals surface area (Å²) in [5.74, 6) is -0.0877. The lowest BCUT2D eigenvalue weighted by molar-refractivity contribution is -0.123. The third kappa shape index (κ3) is 3.66. The lowest BCUT2D eigenvalue weighted by Crippen LogP contribution is -2.53. The van der Waals surface area contributed by atoms with Crippen molar-refractivity contribution in [2.75, 3.05) is 0 Å². The minimum absolute atomic E-state index is 0.0343. The number of benzene rings is 1. The Morgan fingerprint density at radius 3 is 3.00 bits per heavy atom. The van der Waals surface area contributed by atoms with E-state index in [4.69, 9.17) is 5.26 Å². The third-order valence-electron chi connectivity index (χ3n) is 4.71. The molecule has 1 aliphatic rings. The summed E-state index contributed by atoms with van der Waals surface area (Å²) in [5, 5.41) is 15.6. The van der Waals surface area contributed by atoms with Gasteiger partial charge in [0, 0.05) is 48.6 Å². The van der Waals surface area contributed by atoms with Crippen LogP contribution in [-0.4, -0.2) is 28.5 Å². The Kier molecular flexibility index (Phi) is 5.03. The Morgan fingerprint density at radius 2 is 2.24 bits per heavy atom. The summed E-state index contributed by atoms with van der Waals surface area (Å²) in [6.07, 6.45) is 4.20. The molecule has 2 atom stereocenters. The van der Waals surface area contributed by atoms with Gasteiger partial charge in [-0.25, -0.2) is 0 Å². The molecule has 2 heterocycles. The van der Waals surface area contributed by atoms with E-state index in [9.17, 15) is 9.59 Å². The van der Waals surface area contributed by atoms with Crippen LogP contribution in [0.1, 0.15) is 43.0 Å². The standard InChI is InChI=1S/C19H22N4O2/c1-13-16(8-9-18(24)21-13)22-19(25)15-12-23(11-5-4-10-20)17-7-3-2-6-14(15)17/h2-3,6-7,12-13,16H,4-5,8-9,11H2,1H3,(H,21,24)(H,22,25). The number of rotatable bonds is 5. The van der Waals surface area contributed by atoms with Crippen molar-refractivity contribution < 1.29 is 9.59 Å². The van der Waals surface area contributed by atoms with Crippen molar-refractivity contribution >= 4 is 22.7 Å². The first kappa shape index (κ1) is 17.0. The monoisotopic (exact) mass is 338 g/mol. The van der Waals surface area contributed by atoms with E-state index in [1.807, 2.05) is 42.0 Å². The fraction of sp³-hybridized carbons (Fsp3) is 0.421. The molecule has 0 aliphatic carbocycles. The second-order valence-corrected chi connectivity index (χ2v) is 6.49. The summed E-state index contributed by atoms with van der Waals surface area (Å²) < 4.78 is 2.04. The van der Waals surface area contributed by atoms with Gasteiger partial charge in [-0.05, 0) is 25.8 Å². The Hall–Kier alpha value is -2.81. The Balaban J connectivity index is 1.81. The van der Waals surface area contributed by atoms with Crippen molar-refractivity contribution in [2.45, 2.75) is 51.2 Å². The number of nitrogens with one attached hydrogen (secondary N) is 2. The molecule has 2 N–H and O–H groups in total. The minimum atomic E-state index is -0.122. The predicted molar refractivity (Wildman–Crippen MR) is 94.9 cm³/mol. The maximum atomic E-state index is 12.8. The molecule has 0 bridgehead atoms. The van der Waals surface area contributed by atoms with E-state index in [0.29, 0.717) is 31.4 Å². The van der Waals surface area contributed by atoms with Crippen LogP contribution in [0.5, 0.6) is 0 Å². The van der Waals surface area contributed by atoms with Crippen molar-refractivity contribution in [1.82, 2.24) is 15.2 Å². The van der Waals surface area contributed by atoms with E-state index in [2.05, 4.69) is 16.7 Å². The smallest absolute Gasteiger partial charge is 0.253 e. The van der Waals surface area contributed by atoms with Gasteiger partial charge in [0.05, 0.1) is 11.6 Å². The number of aromatic nitrogens is 1. The Bertz CT molecular complexity index is 834. The molecule has 6 heteroatoms. The number of carbonyl (C=O) groups excluding carboxylic acids is 2. The summed E-state index contributed by atoms with van der Waals surface area (Å²) in [5.41, 5.74) is 1.63. The molecule has 0 spiro atoms. The van der Waals surface area contributed by atoms with Gasteiger partial charge in [0.25, 0.3) is 5.91 Å². The average Bonchev–Trinajstić information content (AvgIpc) is 2.97. The van der Waals surface area contributed by atoms with E-state index in [0.717, 1.165) is 17.3 Å². The summed E-state index contributed by atoms with van der Waals surface area (Å²) in [6.45, 7) is 2.62. The van der Waals surface area contributed by atoms with Crippen molar-refractivity contribution in [3.05, 3.63) is 36.0 Å². The molecule has 130 valence electrons. The zero-order valence-corrected chi connectivity index (χ0v) is 14.3. The molecule has 1 aliphatic heterocycles. The quantitative estimate of drug-likeness (QED) is 0.820. The van der Waals surface area contributed by atoms with E-state index >= 15 is 0 Å². The number of nitrogens with zero attached hydrogens (tertiary/aromatic N) is 2. The molecule has 1 aromatic carbocycles. The first-order chi connectivity index (χ1) is 12.1. The number of piperidine rings is 1.